The second-order valence-electron chi connectivity index (χ2n) is 9.06. The maximum absolute atomic E-state index is 13.5. The number of hydrogen-bond acceptors (Lipinski definition) is 6. The van der Waals surface area contributed by atoms with E-state index in [0.717, 1.165) is 11.9 Å². The van der Waals surface area contributed by atoms with Crippen LogP contribution in [-0.2, 0) is 6.18 Å². The number of amides is 1. The van der Waals surface area contributed by atoms with Crippen molar-refractivity contribution < 1.29 is 18.0 Å². The number of benzene rings is 1. The van der Waals surface area contributed by atoms with Gasteiger partial charge in [-0.3, -0.25) is 4.79 Å². The van der Waals surface area contributed by atoms with Gasteiger partial charge in [-0.25, -0.2) is 9.97 Å². The summed E-state index contributed by atoms with van der Waals surface area (Å²) in [7, 11) is 3.78. The molecule has 0 aliphatic heterocycles. The van der Waals surface area contributed by atoms with Gasteiger partial charge in [0.25, 0.3) is 5.91 Å². The molecule has 200 valence electrons. The Morgan fingerprint density at radius 1 is 1.03 bits per heavy atom. The van der Waals surface area contributed by atoms with Crippen molar-refractivity contribution in [3.8, 4) is 0 Å². The van der Waals surface area contributed by atoms with Gasteiger partial charge in [-0.1, -0.05) is 44.9 Å². The van der Waals surface area contributed by atoms with E-state index in [4.69, 9.17) is 0 Å². The lowest BCUT2D eigenvalue weighted by Gasteiger charge is -2.35. The van der Waals surface area contributed by atoms with Crippen LogP contribution in [-0.4, -0.2) is 42.1 Å². The SMILES string of the molecule is CC.Cc1nc(N(C)C)ccc1C(=O)NC1CCC(N(S)c2cc(C(F)(F)F)nc3ccccc23)CC1. The Balaban J connectivity index is 0.00000186. The first kappa shape index (κ1) is 28.6. The Morgan fingerprint density at radius 3 is 2.27 bits per heavy atom. The molecule has 1 N–H and O–H groups in total. The molecular weight excluding hydrogens is 499 g/mol. The molecule has 0 unspecified atom stereocenters. The molecular formula is C27H34F3N5OS. The van der Waals surface area contributed by atoms with E-state index in [0.29, 0.717) is 48.0 Å². The summed E-state index contributed by atoms with van der Waals surface area (Å²) in [4.78, 5) is 23.0. The highest BCUT2D eigenvalue weighted by Crippen LogP contribution is 2.38. The van der Waals surface area contributed by atoms with Gasteiger partial charge >= 0.3 is 6.18 Å². The number of fused-ring (bicyclic) bond motifs is 1. The summed E-state index contributed by atoms with van der Waals surface area (Å²) in [6.07, 6.45) is -1.78. The molecule has 0 radical (unpaired) electrons. The lowest BCUT2D eigenvalue weighted by molar-refractivity contribution is -0.140. The van der Waals surface area contributed by atoms with E-state index in [-0.39, 0.29) is 23.5 Å². The number of nitrogens with zero attached hydrogens (tertiary/aromatic N) is 4. The van der Waals surface area contributed by atoms with Crippen molar-refractivity contribution in [1.82, 2.24) is 15.3 Å². The fourth-order valence-corrected chi connectivity index (χ4v) is 4.85. The Kier molecular flexibility index (Phi) is 9.28. The third kappa shape index (κ3) is 6.66. The van der Waals surface area contributed by atoms with Gasteiger partial charge in [0.1, 0.15) is 11.5 Å². The molecule has 4 rings (SSSR count). The van der Waals surface area contributed by atoms with Crippen LogP contribution in [0.4, 0.5) is 24.7 Å². The molecule has 2 aromatic heterocycles. The van der Waals surface area contributed by atoms with Gasteiger partial charge in [-0.2, -0.15) is 13.2 Å². The molecule has 1 amide bonds. The van der Waals surface area contributed by atoms with Gasteiger partial charge in [-0.15, -0.1) is 0 Å². The summed E-state index contributed by atoms with van der Waals surface area (Å²) >= 11 is 4.62. The molecule has 10 heteroatoms. The van der Waals surface area contributed by atoms with Crippen LogP contribution in [0.15, 0.2) is 42.5 Å². The van der Waals surface area contributed by atoms with Crippen LogP contribution in [0.25, 0.3) is 10.9 Å². The maximum atomic E-state index is 13.5. The number of aryl methyl sites for hydroxylation is 1. The lowest BCUT2D eigenvalue weighted by Crippen LogP contribution is -2.42. The number of nitrogens with one attached hydrogen (secondary N) is 1. The highest BCUT2D eigenvalue weighted by atomic mass is 32.1. The Labute approximate surface area is 221 Å². The number of aromatic nitrogens is 2. The van der Waals surface area contributed by atoms with Crippen molar-refractivity contribution >= 4 is 41.1 Å². The molecule has 3 aromatic rings. The molecule has 0 atom stereocenters. The average Bonchev–Trinajstić information content (AvgIpc) is 2.88. The van der Waals surface area contributed by atoms with Crippen molar-refractivity contribution in [2.45, 2.75) is 64.7 Å². The van der Waals surface area contributed by atoms with Gasteiger partial charge in [0, 0.05) is 31.6 Å². The minimum Gasteiger partial charge on any atom is -0.363 e. The van der Waals surface area contributed by atoms with Crippen LogP contribution < -0.4 is 14.5 Å². The molecule has 1 saturated carbocycles. The zero-order valence-electron chi connectivity index (χ0n) is 21.8. The predicted molar refractivity (Wildman–Crippen MR) is 146 cm³/mol. The lowest BCUT2D eigenvalue weighted by atomic mass is 9.90. The van der Waals surface area contributed by atoms with Crippen molar-refractivity contribution in [1.29, 1.82) is 0 Å². The zero-order valence-corrected chi connectivity index (χ0v) is 22.7. The van der Waals surface area contributed by atoms with E-state index < -0.39 is 11.9 Å². The highest BCUT2D eigenvalue weighted by Gasteiger charge is 2.35. The van der Waals surface area contributed by atoms with Crippen LogP contribution in [0.2, 0.25) is 0 Å². The summed E-state index contributed by atoms with van der Waals surface area (Å²) in [5, 5.41) is 3.71. The molecule has 0 bridgehead atoms. The second-order valence-corrected chi connectivity index (χ2v) is 9.49. The van der Waals surface area contributed by atoms with E-state index in [1.807, 2.05) is 45.8 Å². The number of anilines is 2. The number of rotatable bonds is 5. The minimum absolute atomic E-state index is 0.0201. The molecule has 2 heterocycles. The van der Waals surface area contributed by atoms with Gasteiger partial charge in [0.05, 0.1) is 22.5 Å². The maximum Gasteiger partial charge on any atom is 0.433 e. The van der Waals surface area contributed by atoms with Crippen LogP contribution >= 0.6 is 12.8 Å². The van der Waals surface area contributed by atoms with Crippen LogP contribution in [0.1, 0.15) is 61.3 Å². The molecule has 1 fully saturated rings. The summed E-state index contributed by atoms with van der Waals surface area (Å²) in [5.74, 6) is 0.618. The summed E-state index contributed by atoms with van der Waals surface area (Å²) in [6.45, 7) is 5.81. The van der Waals surface area contributed by atoms with Gasteiger partial charge in [-0.05, 0) is 56.9 Å². The number of pyridine rings is 2. The molecule has 1 aromatic carbocycles. The highest BCUT2D eigenvalue weighted by molar-refractivity contribution is 7.81. The van der Waals surface area contributed by atoms with E-state index >= 15 is 0 Å². The normalized spacial score (nSPS) is 17.5. The fourth-order valence-electron chi connectivity index (χ4n) is 4.45. The Hall–Kier alpha value is -3.01. The number of halogens is 3. The topological polar surface area (TPSA) is 61.4 Å². The molecule has 6 nitrogen and oxygen atoms in total. The molecule has 0 spiro atoms. The van der Waals surface area contributed by atoms with Crippen LogP contribution in [0, 0.1) is 6.92 Å². The molecule has 1 aliphatic rings. The number of thiol groups is 1. The van der Waals surface area contributed by atoms with Crippen LogP contribution in [0.3, 0.4) is 0 Å². The predicted octanol–water partition coefficient (Wildman–Crippen LogP) is 6.44. The first-order valence-electron chi connectivity index (χ1n) is 12.5. The molecule has 1 aliphatic carbocycles. The van der Waals surface area contributed by atoms with Gasteiger partial charge in [0.2, 0.25) is 0 Å². The van der Waals surface area contributed by atoms with E-state index in [1.165, 1.54) is 0 Å². The van der Waals surface area contributed by atoms with Crippen molar-refractivity contribution in [3.63, 3.8) is 0 Å². The average molecular weight is 534 g/mol. The Bertz CT molecular complexity index is 1230. The van der Waals surface area contributed by atoms with Crippen molar-refractivity contribution in [3.05, 3.63) is 59.4 Å². The standard InChI is InChI=1S/C25H28F3N5OS.C2H6/c1-15-18(12-13-23(29-15)32(2)3)24(34)30-16-8-10-17(11-9-16)33(35)21-14-22(25(26,27)28)31-20-7-5-4-6-19(20)21;1-2/h4-7,12-14,16-17,35H,8-11H2,1-3H3,(H,30,34);1-2H3. The number of carbonyl (C=O) groups excluding carboxylic acids is 1. The van der Waals surface area contributed by atoms with E-state index in [2.05, 4.69) is 28.1 Å². The van der Waals surface area contributed by atoms with Gasteiger partial charge < -0.3 is 14.5 Å². The molecule has 37 heavy (non-hydrogen) atoms. The summed E-state index contributed by atoms with van der Waals surface area (Å²) in [5.41, 5.74) is 0.934. The first-order chi connectivity index (χ1) is 17.5. The van der Waals surface area contributed by atoms with Gasteiger partial charge in [0.15, 0.2) is 0 Å². The van der Waals surface area contributed by atoms with E-state index in [1.54, 1.807) is 34.6 Å². The Morgan fingerprint density at radius 2 is 1.68 bits per heavy atom. The number of para-hydroxylation sites is 1. The monoisotopic (exact) mass is 533 g/mol. The third-order valence-corrected chi connectivity index (χ3v) is 6.93. The minimum atomic E-state index is -4.55. The number of hydrogen-bond donors (Lipinski definition) is 2. The smallest absolute Gasteiger partial charge is 0.363 e. The second kappa shape index (κ2) is 12.0. The third-order valence-electron chi connectivity index (χ3n) is 6.38. The number of carbonyl (C=O) groups is 1. The molecule has 0 saturated heterocycles. The van der Waals surface area contributed by atoms with Crippen molar-refractivity contribution in [2.75, 3.05) is 23.3 Å². The summed E-state index contributed by atoms with van der Waals surface area (Å²) in [6, 6.07) is 11.3. The first-order valence-corrected chi connectivity index (χ1v) is 12.9. The van der Waals surface area contributed by atoms with E-state index in [9.17, 15) is 18.0 Å². The largest absolute Gasteiger partial charge is 0.433 e. The fraction of sp³-hybridized carbons (Fsp3) is 0.444. The van der Waals surface area contributed by atoms with Crippen LogP contribution in [0.5, 0.6) is 0 Å². The quantitative estimate of drug-likeness (QED) is 0.370. The number of alkyl halides is 3. The van der Waals surface area contributed by atoms with Crippen molar-refractivity contribution in [2.24, 2.45) is 0 Å². The summed E-state index contributed by atoms with van der Waals surface area (Å²) < 4.78 is 42.0. The zero-order chi connectivity index (χ0) is 27.3.